The van der Waals surface area contributed by atoms with Crippen molar-refractivity contribution in [1.29, 1.82) is 0 Å². The molecule has 0 aromatic carbocycles. The van der Waals surface area contributed by atoms with Crippen molar-refractivity contribution in [3.05, 3.63) is 16.5 Å². The minimum atomic E-state index is 0.0234. The van der Waals surface area contributed by atoms with E-state index in [-0.39, 0.29) is 18.4 Å². The fourth-order valence-electron chi connectivity index (χ4n) is 1.92. The van der Waals surface area contributed by atoms with E-state index in [0.29, 0.717) is 17.0 Å². The van der Waals surface area contributed by atoms with E-state index in [0.717, 1.165) is 24.2 Å². The fraction of sp³-hybridized carbons (Fsp3) is 0.643. The van der Waals surface area contributed by atoms with Crippen LogP contribution in [0, 0.1) is 6.92 Å². The second-order valence-electron chi connectivity index (χ2n) is 5.67. The van der Waals surface area contributed by atoms with Crippen LogP contribution in [-0.4, -0.2) is 35.5 Å². The van der Waals surface area contributed by atoms with Gasteiger partial charge < -0.3 is 10.2 Å². The van der Waals surface area contributed by atoms with Crippen LogP contribution in [-0.2, 0) is 4.79 Å². The van der Waals surface area contributed by atoms with Gasteiger partial charge in [0.05, 0.1) is 6.54 Å². The summed E-state index contributed by atoms with van der Waals surface area (Å²) in [5, 5.41) is 3.42. The lowest BCUT2D eigenvalue weighted by molar-refractivity contribution is -0.119. The Kier molecular flexibility index (Phi) is 4.48. The minimum Gasteiger partial charge on any atom is -0.352 e. The van der Waals surface area contributed by atoms with E-state index in [1.54, 1.807) is 0 Å². The molecule has 1 fully saturated rings. The predicted octanol–water partition coefficient (Wildman–Crippen LogP) is 2.28. The van der Waals surface area contributed by atoms with E-state index in [1.165, 1.54) is 0 Å². The molecule has 1 saturated carbocycles. The van der Waals surface area contributed by atoms with Crippen LogP contribution in [0.25, 0.3) is 0 Å². The molecule has 1 heterocycles. The molecule has 110 valence electrons. The number of amides is 1. The third kappa shape index (κ3) is 3.60. The Hall–Kier alpha value is -1.36. The van der Waals surface area contributed by atoms with Gasteiger partial charge >= 0.3 is 0 Å². The monoisotopic (exact) mass is 296 g/mol. The SMILES string of the molecule is Cc1c(Cl)nc(C(C)C)nc1N(C)CC(=O)NC1CC1. The highest BCUT2D eigenvalue weighted by Crippen LogP contribution is 2.25. The fourth-order valence-corrected chi connectivity index (χ4v) is 2.09. The number of likely N-dealkylation sites (N-methyl/N-ethyl adjacent to an activating group) is 1. The van der Waals surface area contributed by atoms with Crippen LogP contribution in [0.5, 0.6) is 0 Å². The number of hydrogen-bond acceptors (Lipinski definition) is 4. The number of nitrogens with one attached hydrogen (secondary N) is 1. The molecule has 0 aliphatic heterocycles. The molecule has 0 saturated heterocycles. The van der Waals surface area contributed by atoms with Crippen molar-refractivity contribution >= 4 is 23.3 Å². The Balaban J connectivity index is 2.14. The maximum Gasteiger partial charge on any atom is 0.239 e. The largest absolute Gasteiger partial charge is 0.352 e. The zero-order chi connectivity index (χ0) is 14.9. The molecule has 2 rings (SSSR count). The molecule has 6 heteroatoms. The molecule has 1 amide bonds. The first-order valence-electron chi connectivity index (χ1n) is 6.93. The quantitative estimate of drug-likeness (QED) is 0.847. The number of hydrogen-bond donors (Lipinski definition) is 1. The number of nitrogens with zero attached hydrogens (tertiary/aromatic N) is 3. The summed E-state index contributed by atoms with van der Waals surface area (Å²) in [5.41, 5.74) is 0.804. The van der Waals surface area contributed by atoms with Crippen molar-refractivity contribution < 1.29 is 4.79 Å². The van der Waals surface area contributed by atoms with Crippen LogP contribution in [0.4, 0.5) is 5.82 Å². The molecule has 1 N–H and O–H groups in total. The summed E-state index contributed by atoms with van der Waals surface area (Å²) >= 11 is 6.16. The van der Waals surface area contributed by atoms with E-state index in [9.17, 15) is 4.79 Å². The number of halogens is 1. The number of carbonyl (C=O) groups excluding carboxylic acids is 1. The van der Waals surface area contributed by atoms with Crippen molar-refractivity contribution in [3.63, 3.8) is 0 Å². The zero-order valence-corrected chi connectivity index (χ0v) is 13.2. The molecule has 0 atom stereocenters. The summed E-state index contributed by atoms with van der Waals surface area (Å²) in [6, 6.07) is 0.372. The first kappa shape index (κ1) is 15.0. The van der Waals surface area contributed by atoms with Gasteiger partial charge in [-0.05, 0) is 19.8 Å². The maximum atomic E-state index is 11.9. The van der Waals surface area contributed by atoms with Crippen molar-refractivity contribution in [2.45, 2.75) is 45.6 Å². The van der Waals surface area contributed by atoms with Gasteiger partial charge in [0.2, 0.25) is 5.91 Å². The average molecular weight is 297 g/mol. The molecule has 1 aromatic heterocycles. The number of carbonyl (C=O) groups is 1. The van der Waals surface area contributed by atoms with Crippen LogP contribution in [0.3, 0.4) is 0 Å². The highest BCUT2D eigenvalue weighted by atomic mass is 35.5. The Morgan fingerprint density at radius 2 is 2.10 bits per heavy atom. The van der Waals surface area contributed by atoms with E-state index in [4.69, 9.17) is 11.6 Å². The first-order valence-corrected chi connectivity index (χ1v) is 7.30. The molecule has 20 heavy (non-hydrogen) atoms. The zero-order valence-electron chi connectivity index (χ0n) is 12.4. The number of anilines is 1. The lowest BCUT2D eigenvalue weighted by Crippen LogP contribution is -2.37. The Bertz CT molecular complexity index is 514. The second kappa shape index (κ2) is 5.95. The molecule has 0 bridgehead atoms. The van der Waals surface area contributed by atoms with Gasteiger partial charge in [0.15, 0.2) is 0 Å². The number of aromatic nitrogens is 2. The van der Waals surface area contributed by atoms with Crippen LogP contribution in [0.15, 0.2) is 0 Å². The molecular weight excluding hydrogens is 276 g/mol. The normalized spacial score (nSPS) is 14.5. The summed E-state index contributed by atoms with van der Waals surface area (Å²) in [7, 11) is 1.85. The van der Waals surface area contributed by atoms with Gasteiger partial charge in [-0.1, -0.05) is 25.4 Å². The molecule has 1 aromatic rings. The summed E-state index contributed by atoms with van der Waals surface area (Å²) in [6.45, 7) is 6.19. The van der Waals surface area contributed by atoms with Crippen LogP contribution >= 0.6 is 11.6 Å². The summed E-state index contributed by atoms with van der Waals surface area (Å²) in [4.78, 5) is 22.5. The van der Waals surface area contributed by atoms with Gasteiger partial charge in [-0.15, -0.1) is 0 Å². The maximum absolute atomic E-state index is 11.9. The van der Waals surface area contributed by atoms with Crippen molar-refractivity contribution in [3.8, 4) is 0 Å². The number of rotatable bonds is 5. The third-order valence-electron chi connectivity index (χ3n) is 3.28. The van der Waals surface area contributed by atoms with Gasteiger partial charge in [-0.25, -0.2) is 9.97 Å². The smallest absolute Gasteiger partial charge is 0.239 e. The van der Waals surface area contributed by atoms with Crippen molar-refractivity contribution in [1.82, 2.24) is 15.3 Å². The van der Waals surface area contributed by atoms with E-state index in [2.05, 4.69) is 15.3 Å². The Morgan fingerprint density at radius 1 is 1.45 bits per heavy atom. The summed E-state index contributed by atoms with van der Waals surface area (Å²) in [5.74, 6) is 1.64. The molecule has 5 nitrogen and oxygen atoms in total. The van der Waals surface area contributed by atoms with Gasteiger partial charge in [-0.2, -0.15) is 0 Å². The van der Waals surface area contributed by atoms with Crippen LogP contribution < -0.4 is 10.2 Å². The van der Waals surface area contributed by atoms with E-state index >= 15 is 0 Å². The Labute approximate surface area is 124 Å². The second-order valence-corrected chi connectivity index (χ2v) is 6.03. The van der Waals surface area contributed by atoms with Crippen molar-refractivity contribution in [2.75, 3.05) is 18.5 Å². The minimum absolute atomic E-state index is 0.0234. The molecule has 0 unspecified atom stereocenters. The first-order chi connectivity index (χ1) is 9.38. The lowest BCUT2D eigenvalue weighted by atomic mass is 10.2. The summed E-state index contributed by atoms with van der Waals surface area (Å²) < 4.78 is 0. The third-order valence-corrected chi connectivity index (χ3v) is 3.65. The van der Waals surface area contributed by atoms with Gasteiger partial charge in [0.1, 0.15) is 16.8 Å². The topological polar surface area (TPSA) is 58.1 Å². The van der Waals surface area contributed by atoms with Crippen molar-refractivity contribution in [2.24, 2.45) is 0 Å². The van der Waals surface area contributed by atoms with Gasteiger partial charge in [-0.3, -0.25) is 4.79 Å². The van der Waals surface area contributed by atoms with E-state index < -0.39 is 0 Å². The van der Waals surface area contributed by atoms with Crippen LogP contribution in [0.1, 0.15) is 44.0 Å². The molecule has 0 radical (unpaired) electrons. The highest BCUT2D eigenvalue weighted by molar-refractivity contribution is 6.30. The average Bonchev–Trinajstić information content (AvgIpc) is 3.15. The summed E-state index contributed by atoms with van der Waals surface area (Å²) in [6.07, 6.45) is 2.18. The standard InChI is InChI=1S/C14H21ClN4O/c1-8(2)13-17-12(15)9(3)14(18-13)19(4)7-11(20)16-10-5-6-10/h8,10H,5-7H2,1-4H3,(H,16,20). The molecule has 0 spiro atoms. The van der Waals surface area contributed by atoms with Gasteiger partial charge in [0.25, 0.3) is 0 Å². The predicted molar refractivity (Wildman–Crippen MR) is 80.3 cm³/mol. The van der Waals surface area contributed by atoms with Crippen LogP contribution in [0.2, 0.25) is 5.15 Å². The van der Waals surface area contributed by atoms with Gasteiger partial charge in [0, 0.05) is 24.6 Å². The molecule has 1 aliphatic rings. The highest BCUT2D eigenvalue weighted by Gasteiger charge is 2.24. The molecular formula is C14H21ClN4O. The van der Waals surface area contributed by atoms with E-state index in [1.807, 2.05) is 32.7 Å². The lowest BCUT2D eigenvalue weighted by Gasteiger charge is -2.21. The Morgan fingerprint density at radius 3 is 2.65 bits per heavy atom. The molecule has 1 aliphatic carbocycles.